The molecule has 1 rings (SSSR count). The first kappa shape index (κ1) is 13.1. The topological polar surface area (TPSA) is 57.6 Å². The van der Waals surface area contributed by atoms with Crippen molar-refractivity contribution in [2.45, 2.75) is 13.5 Å². The van der Waals surface area contributed by atoms with Crippen LogP contribution in [0.25, 0.3) is 0 Å². The molecule has 1 aromatic carbocycles. The van der Waals surface area contributed by atoms with E-state index in [0.717, 1.165) is 17.0 Å². The van der Waals surface area contributed by atoms with E-state index in [-0.39, 0.29) is 6.54 Å². The molecule has 0 saturated heterocycles. The molecule has 0 bridgehead atoms. The van der Waals surface area contributed by atoms with Gasteiger partial charge in [0, 0.05) is 13.5 Å². The number of carbonyl (C=O) groups is 2. The summed E-state index contributed by atoms with van der Waals surface area (Å²) in [6, 6.07) is 3.17. The van der Waals surface area contributed by atoms with Gasteiger partial charge in [-0.3, -0.25) is 9.59 Å². The number of carboxylic acid groups (broad SMARTS) is 1. The normalized spacial score (nSPS) is 10.1. The number of amides is 1. The Labute approximate surface area is 96.5 Å². The number of hydrogen-bond donors (Lipinski definition) is 1. The lowest BCUT2D eigenvalue weighted by Gasteiger charge is -2.18. The van der Waals surface area contributed by atoms with Crippen molar-refractivity contribution in [1.82, 2.24) is 4.90 Å². The number of carboxylic acids is 1. The van der Waals surface area contributed by atoms with Gasteiger partial charge in [-0.05, 0) is 17.7 Å². The number of hydrogen-bond acceptors (Lipinski definition) is 2. The van der Waals surface area contributed by atoms with Crippen LogP contribution in [0.5, 0.6) is 0 Å². The van der Waals surface area contributed by atoms with Crippen LogP contribution in [-0.4, -0.2) is 28.4 Å². The molecule has 0 aliphatic heterocycles. The Morgan fingerprint density at radius 1 is 1.29 bits per heavy atom. The molecule has 1 amide bonds. The smallest absolute Gasteiger partial charge is 0.323 e. The highest BCUT2D eigenvalue weighted by atomic mass is 19.2. The first-order chi connectivity index (χ1) is 7.90. The SMILES string of the molecule is CC(=O)N(CC(=O)O)Cc1ccc(F)c(F)c1. The maximum Gasteiger partial charge on any atom is 0.323 e. The quantitative estimate of drug-likeness (QED) is 0.869. The van der Waals surface area contributed by atoms with Gasteiger partial charge in [0.05, 0.1) is 0 Å². The Morgan fingerprint density at radius 2 is 1.94 bits per heavy atom. The summed E-state index contributed by atoms with van der Waals surface area (Å²) in [5.41, 5.74) is 0.334. The fraction of sp³-hybridized carbons (Fsp3) is 0.273. The zero-order valence-corrected chi connectivity index (χ0v) is 9.11. The highest BCUT2D eigenvalue weighted by molar-refractivity contribution is 5.79. The van der Waals surface area contributed by atoms with Crippen LogP contribution in [0.15, 0.2) is 18.2 Å². The zero-order valence-electron chi connectivity index (χ0n) is 9.11. The molecule has 17 heavy (non-hydrogen) atoms. The van der Waals surface area contributed by atoms with Gasteiger partial charge in [0.25, 0.3) is 0 Å². The molecule has 0 unspecified atom stereocenters. The Balaban J connectivity index is 2.82. The van der Waals surface area contributed by atoms with Crippen molar-refractivity contribution < 1.29 is 23.5 Å². The highest BCUT2D eigenvalue weighted by Gasteiger charge is 2.14. The number of rotatable bonds is 4. The van der Waals surface area contributed by atoms with Crippen LogP contribution >= 0.6 is 0 Å². The van der Waals surface area contributed by atoms with Crippen molar-refractivity contribution in [2.75, 3.05) is 6.54 Å². The average Bonchev–Trinajstić information content (AvgIpc) is 2.21. The molecule has 0 aliphatic carbocycles. The van der Waals surface area contributed by atoms with Gasteiger partial charge in [0.1, 0.15) is 6.54 Å². The van der Waals surface area contributed by atoms with Gasteiger partial charge in [0.15, 0.2) is 11.6 Å². The van der Waals surface area contributed by atoms with Gasteiger partial charge < -0.3 is 10.0 Å². The molecule has 0 atom stereocenters. The summed E-state index contributed by atoms with van der Waals surface area (Å²) in [6.07, 6.45) is 0. The predicted octanol–water partition coefficient (Wildman–Crippen LogP) is 1.40. The molecule has 1 N–H and O–H groups in total. The molecule has 1 aromatic rings. The third-order valence-corrected chi connectivity index (χ3v) is 2.13. The largest absolute Gasteiger partial charge is 0.480 e. The van der Waals surface area contributed by atoms with Crippen LogP contribution in [0.2, 0.25) is 0 Å². The first-order valence-electron chi connectivity index (χ1n) is 4.81. The second kappa shape index (κ2) is 5.38. The molecule has 0 aliphatic rings. The van der Waals surface area contributed by atoms with Crippen molar-refractivity contribution in [3.05, 3.63) is 35.4 Å². The maximum atomic E-state index is 12.9. The summed E-state index contributed by atoms with van der Waals surface area (Å²) in [4.78, 5) is 22.7. The van der Waals surface area contributed by atoms with Crippen LogP contribution < -0.4 is 0 Å². The van der Waals surface area contributed by atoms with E-state index in [2.05, 4.69) is 0 Å². The Kier molecular flexibility index (Phi) is 4.14. The van der Waals surface area contributed by atoms with E-state index in [1.807, 2.05) is 0 Å². The van der Waals surface area contributed by atoms with Crippen molar-refractivity contribution >= 4 is 11.9 Å². The number of halogens is 2. The monoisotopic (exact) mass is 243 g/mol. The second-order valence-corrected chi connectivity index (χ2v) is 3.52. The van der Waals surface area contributed by atoms with Gasteiger partial charge in [0.2, 0.25) is 5.91 Å². The average molecular weight is 243 g/mol. The van der Waals surface area contributed by atoms with Crippen molar-refractivity contribution in [2.24, 2.45) is 0 Å². The number of benzene rings is 1. The molecule has 0 spiro atoms. The highest BCUT2D eigenvalue weighted by Crippen LogP contribution is 2.11. The van der Waals surface area contributed by atoms with Crippen LogP contribution in [0.1, 0.15) is 12.5 Å². The lowest BCUT2D eigenvalue weighted by atomic mass is 10.2. The van der Waals surface area contributed by atoms with Gasteiger partial charge in [-0.1, -0.05) is 6.07 Å². The molecule has 6 heteroatoms. The van der Waals surface area contributed by atoms with Crippen molar-refractivity contribution in [3.8, 4) is 0 Å². The third kappa shape index (κ3) is 3.82. The minimum absolute atomic E-state index is 0.0706. The maximum absolute atomic E-state index is 12.9. The minimum atomic E-state index is -1.16. The molecule has 0 aromatic heterocycles. The standard InChI is InChI=1S/C11H11F2NO3/c1-7(15)14(6-11(16)17)5-8-2-3-9(12)10(13)4-8/h2-4H,5-6H2,1H3,(H,16,17). The fourth-order valence-electron chi connectivity index (χ4n) is 1.30. The molecule has 0 saturated carbocycles. The summed E-state index contributed by atoms with van der Waals surface area (Å²) < 4.78 is 25.6. The molecular weight excluding hydrogens is 232 g/mol. The van der Waals surface area contributed by atoms with Crippen LogP contribution in [0.3, 0.4) is 0 Å². The van der Waals surface area contributed by atoms with E-state index in [1.54, 1.807) is 0 Å². The molecule has 4 nitrogen and oxygen atoms in total. The molecule has 92 valence electrons. The molecule has 0 heterocycles. The first-order valence-corrected chi connectivity index (χ1v) is 4.81. The Bertz CT molecular complexity index is 448. The molecule has 0 radical (unpaired) electrons. The molecule has 0 fully saturated rings. The number of carbonyl (C=O) groups excluding carboxylic acids is 1. The predicted molar refractivity (Wildman–Crippen MR) is 55.1 cm³/mol. The summed E-state index contributed by atoms with van der Waals surface area (Å²) in [7, 11) is 0. The minimum Gasteiger partial charge on any atom is -0.480 e. The van der Waals surface area contributed by atoms with Gasteiger partial charge in [-0.25, -0.2) is 8.78 Å². The van der Waals surface area contributed by atoms with Gasteiger partial charge >= 0.3 is 5.97 Å². The van der Waals surface area contributed by atoms with Gasteiger partial charge in [-0.15, -0.1) is 0 Å². The van der Waals surface area contributed by atoms with E-state index in [0.29, 0.717) is 5.56 Å². The van der Waals surface area contributed by atoms with Crippen LogP contribution in [-0.2, 0) is 16.1 Å². The van der Waals surface area contributed by atoms with Crippen molar-refractivity contribution in [3.63, 3.8) is 0 Å². The molecular formula is C11H11F2NO3. The zero-order chi connectivity index (χ0) is 13.0. The van der Waals surface area contributed by atoms with E-state index >= 15 is 0 Å². The Morgan fingerprint density at radius 3 is 2.41 bits per heavy atom. The second-order valence-electron chi connectivity index (χ2n) is 3.52. The lowest BCUT2D eigenvalue weighted by molar-refractivity contribution is -0.144. The number of aliphatic carboxylic acids is 1. The fourth-order valence-corrected chi connectivity index (χ4v) is 1.30. The van der Waals surface area contributed by atoms with E-state index in [9.17, 15) is 18.4 Å². The van der Waals surface area contributed by atoms with Gasteiger partial charge in [-0.2, -0.15) is 0 Å². The summed E-state index contributed by atoms with van der Waals surface area (Å²) in [6.45, 7) is 0.663. The van der Waals surface area contributed by atoms with E-state index < -0.39 is 30.1 Å². The lowest BCUT2D eigenvalue weighted by Crippen LogP contribution is -2.33. The Hall–Kier alpha value is -1.98. The van der Waals surface area contributed by atoms with Crippen LogP contribution in [0, 0.1) is 11.6 Å². The summed E-state index contributed by atoms with van der Waals surface area (Å²) in [5, 5.41) is 8.58. The third-order valence-electron chi connectivity index (χ3n) is 2.13. The summed E-state index contributed by atoms with van der Waals surface area (Å²) in [5.74, 6) is -3.62. The number of nitrogens with zero attached hydrogens (tertiary/aromatic N) is 1. The summed E-state index contributed by atoms with van der Waals surface area (Å²) >= 11 is 0. The van der Waals surface area contributed by atoms with Crippen molar-refractivity contribution in [1.29, 1.82) is 0 Å². The van der Waals surface area contributed by atoms with E-state index in [4.69, 9.17) is 5.11 Å². The van der Waals surface area contributed by atoms with Crippen LogP contribution in [0.4, 0.5) is 8.78 Å². The van der Waals surface area contributed by atoms with E-state index in [1.165, 1.54) is 13.0 Å².